The van der Waals surface area contributed by atoms with Crippen LogP contribution < -0.4 is 0 Å². The summed E-state index contributed by atoms with van der Waals surface area (Å²) in [5.41, 5.74) is -11.8. The zero-order chi connectivity index (χ0) is 35.8. The van der Waals surface area contributed by atoms with Gasteiger partial charge in [-0.2, -0.15) is 71.1 Å². The summed E-state index contributed by atoms with van der Waals surface area (Å²) < 4.78 is 124. The van der Waals surface area contributed by atoms with E-state index < -0.39 is 102 Å². The Labute approximate surface area is 264 Å². The molecule has 1 saturated carbocycles. The number of nitrogens with zero attached hydrogens (tertiary/aromatic N) is 6. The van der Waals surface area contributed by atoms with E-state index in [-0.39, 0.29) is 0 Å². The normalized spacial score (nSPS) is 12.4. The molecule has 0 amide bonds. The standard InChI is InChI=1S/C33H9F9N6/c34-31(35,36)25-7-16(1-4-19(25)10-43)22(13-46)28-29(23(14-47)17-2-5-20(11-44)26(8-17)32(37,38)39)30(28)24(15-48)18-3-6-21(12-45)27(9-18)33(40,41)42/h1-9H. The molecule has 48 heavy (non-hydrogen) atoms. The maximum Gasteiger partial charge on any atom is 0.417 e. The quantitative estimate of drug-likeness (QED) is 0.203. The number of halogens is 9. The number of nitriles is 6. The third-order valence-electron chi connectivity index (χ3n) is 6.98. The molecule has 0 heterocycles. The molecule has 3 aromatic rings. The summed E-state index contributed by atoms with van der Waals surface area (Å²) in [6, 6.07) is 15.1. The van der Waals surface area contributed by atoms with Crippen molar-refractivity contribution in [3.05, 3.63) is 121 Å². The lowest BCUT2D eigenvalue weighted by molar-refractivity contribution is -0.138. The predicted octanol–water partition coefficient (Wildman–Crippen LogP) is 8.60. The second-order valence-electron chi connectivity index (χ2n) is 9.70. The van der Waals surface area contributed by atoms with Crippen molar-refractivity contribution in [3.63, 3.8) is 0 Å². The first-order valence-electron chi connectivity index (χ1n) is 12.8. The number of rotatable bonds is 3. The fraction of sp³-hybridized carbons (Fsp3) is 0.0909. The smallest absolute Gasteiger partial charge is 0.192 e. The minimum absolute atomic E-state index is 0.419. The Morgan fingerprint density at radius 3 is 0.792 bits per heavy atom. The van der Waals surface area contributed by atoms with Gasteiger partial charge in [0.15, 0.2) is 0 Å². The van der Waals surface area contributed by atoms with Crippen molar-refractivity contribution < 1.29 is 39.5 Å². The summed E-state index contributed by atoms with van der Waals surface area (Å²) in [6.45, 7) is 0. The predicted molar refractivity (Wildman–Crippen MR) is 146 cm³/mol. The molecule has 0 aliphatic heterocycles. The third-order valence-corrected chi connectivity index (χ3v) is 6.98. The monoisotopic (exact) mass is 660 g/mol. The van der Waals surface area contributed by atoms with Crippen LogP contribution in [0.2, 0.25) is 0 Å². The molecular formula is C33H9F9N6. The van der Waals surface area contributed by atoms with E-state index in [0.29, 0.717) is 18.2 Å². The molecule has 15 heteroatoms. The van der Waals surface area contributed by atoms with Crippen LogP contribution in [0.5, 0.6) is 0 Å². The Kier molecular flexibility index (Phi) is 8.65. The minimum Gasteiger partial charge on any atom is -0.192 e. The van der Waals surface area contributed by atoms with Gasteiger partial charge in [-0.25, -0.2) is 0 Å². The Morgan fingerprint density at radius 1 is 0.396 bits per heavy atom. The first-order valence-corrected chi connectivity index (χ1v) is 12.8. The van der Waals surface area contributed by atoms with Gasteiger partial charge in [0.25, 0.3) is 0 Å². The Hall–Kier alpha value is -6.81. The number of alkyl halides is 9. The molecule has 0 spiro atoms. The Morgan fingerprint density at radius 2 is 0.625 bits per heavy atom. The number of hydrogen-bond donors (Lipinski definition) is 0. The molecule has 0 aromatic heterocycles. The second-order valence-corrected chi connectivity index (χ2v) is 9.70. The lowest BCUT2D eigenvalue weighted by Gasteiger charge is -2.10. The van der Waals surface area contributed by atoms with E-state index in [0.717, 1.165) is 36.4 Å². The van der Waals surface area contributed by atoms with Crippen LogP contribution in [0.25, 0.3) is 16.7 Å². The molecule has 0 N–H and O–H groups in total. The summed E-state index contributed by atoms with van der Waals surface area (Å²) in [5, 5.41) is 57.8. The minimum atomic E-state index is -5.10. The van der Waals surface area contributed by atoms with Crippen LogP contribution in [-0.2, 0) is 18.5 Å². The second kappa shape index (κ2) is 12.2. The van der Waals surface area contributed by atoms with Crippen molar-refractivity contribution in [1.82, 2.24) is 0 Å². The van der Waals surface area contributed by atoms with E-state index >= 15 is 0 Å². The van der Waals surface area contributed by atoms with Crippen molar-refractivity contribution in [2.24, 2.45) is 0 Å². The average Bonchev–Trinajstić information content (AvgIpc) is 3.74. The highest BCUT2D eigenvalue weighted by Gasteiger charge is 2.43. The van der Waals surface area contributed by atoms with Gasteiger partial charge < -0.3 is 0 Å². The fourth-order valence-electron chi connectivity index (χ4n) is 4.83. The largest absolute Gasteiger partial charge is 0.417 e. The molecule has 6 nitrogen and oxygen atoms in total. The van der Waals surface area contributed by atoms with Crippen LogP contribution in [0.15, 0.2) is 71.3 Å². The van der Waals surface area contributed by atoms with E-state index in [1.54, 1.807) is 18.2 Å². The van der Waals surface area contributed by atoms with Crippen LogP contribution >= 0.6 is 0 Å². The molecule has 3 aromatic carbocycles. The van der Waals surface area contributed by atoms with Gasteiger partial charge in [-0.3, -0.25) is 0 Å². The van der Waals surface area contributed by atoms with Crippen LogP contribution in [0.1, 0.15) is 50.1 Å². The lowest BCUT2D eigenvalue weighted by atomic mass is 9.97. The molecule has 0 bridgehead atoms. The summed E-state index contributed by atoms with van der Waals surface area (Å²) in [4.78, 5) is 0. The van der Waals surface area contributed by atoms with Crippen LogP contribution in [0.4, 0.5) is 39.5 Å². The van der Waals surface area contributed by atoms with Gasteiger partial charge in [-0.05, 0) is 53.1 Å². The first kappa shape index (κ1) is 34.1. The van der Waals surface area contributed by atoms with E-state index in [1.807, 2.05) is 0 Å². The zero-order valence-corrected chi connectivity index (χ0v) is 23.3. The van der Waals surface area contributed by atoms with Crippen molar-refractivity contribution in [3.8, 4) is 36.4 Å². The lowest BCUT2D eigenvalue weighted by Crippen LogP contribution is -2.08. The first-order chi connectivity index (χ1) is 22.5. The van der Waals surface area contributed by atoms with Gasteiger partial charge in [0, 0.05) is 16.7 Å². The van der Waals surface area contributed by atoms with Gasteiger partial charge in [0.05, 0.1) is 68.3 Å². The molecule has 1 aliphatic rings. The van der Waals surface area contributed by atoms with Crippen molar-refractivity contribution in [2.45, 2.75) is 18.5 Å². The van der Waals surface area contributed by atoms with Gasteiger partial charge in [-0.1, -0.05) is 18.2 Å². The number of allylic oxidation sites excluding steroid dienone is 6. The summed E-state index contributed by atoms with van der Waals surface area (Å²) >= 11 is 0. The van der Waals surface area contributed by atoms with Gasteiger partial charge in [-0.15, -0.1) is 0 Å². The van der Waals surface area contributed by atoms with Crippen molar-refractivity contribution in [2.75, 3.05) is 0 Å². The number of hydrogen-bond acceptors (Lipinski definition) is 6. The van der Waals surface area contributed by atoms with Gasteiger partial charge >= 0.3 is 18.5 Å². The van der Waals surface area contributed by atoms with E-state index in [9.17, 15) is 55.3 Å². The maximum absolute atomic E-state index is 13.8. The number of benzene rings is 3. The molecule has 234 valence electrons. The maximum atomic E-state index is 13.8. The van der Waals surface area contributed by atoms with Crippen LogP contribution in [0, 0.1) is 68.0 Å². The highest BCUT2D eigenvalue weighted by molar-refractivity contribution is 6.12. The topological polar surface area (TPSA) is 143 Å². The summed E-state index contributed by atoms with van der Waals surface area (Å²) in [6.07, 6.45) is -15.3. The van der Waals surface area contributed by atoms with E-state index in [1.165, 1.54) is 18.2 Å². The van der Waals surface area contributed by atoms with Gasteiger partial charge in [0.1, 0.15) is 18.2 Å². The molecular weight excluding hydrogens is 651 g/mol. The molecule has 0 radical (unpaired) electrons. The molecule has 4 rings (SSSR count). The molecule has 1 fully saturated rings. The highest BCUT2D eigenvalue weighted by Crippen LogP contribution is 2.56. The van der Waals surface area contributed by atoms with Gasteiger partial charge in [0.2, 0.25) is 0 Å². The van der Waals surface area contributed by atoms with E-state index in [4.69, 9.17) is 15.8 Å². The SMILES string of the molecule is N#CC(=C1C(=C(C#N)c2ccc(C#N)c(C(F)(F)F)c2)C1=C(C#N)c1ccc(C#N)c(C(F)(F)F)c1)c1ccc(C#N)c(C(F)(F)F)c1. The van der Waals surface area contributed by atoms with Crippen molar-refractivity contribution >= 4 is 16.7 Å². The zero-order valence-electron chi connectivity index (χ0n) is 23.3. The Balaban J connectivity index is 2.19. The van der Waals surface area contributed by atoms with Crippen LogP contribution in [0.3, 0.4) is 0 Å². The van der Waals surface area contributed by atoms with Crippen LogP contribution in [-0.4, -0.2) is 0 Å². The highest BCUT2D eigenvalue weighted by atomic mass is 19.4. The Bertz CT molecular complexity index is 1990. The summed E-state index contributed by atoms with van der Waals surface area (Å²) in [5.74, 6) is 0. The molecule has 0 saturated heterocycles. The van der Waals surface area contributed by atoms with Crippen molar-refractivity contribution in [1.29, 1.82) is 31.6 Å². The third kappa shape index (κ3) is 6.18. The van der Waals surface area contributed by atoms with E-state index in [2.05, 4.69) is 0 Å². The fourth-order valence-corrected chi connectivity index (χ4v) is 4.83. The molecule has 1 aliphatic carbocycles. The molecule has 0 atom stereocenters. The average molecular weight is 660 g/mol. The summed E-state index contributed by atoms with van der Waals surface area (Å²) in [7, 11) is 0. The molecule has 0 unspecified atom stereocenters.